The van der Waals surface area contributed by atoms with Gasteiger partial charge in [0.1, 0.15) is 0 Å². The van der Waals surface area contributed by atoms with Gasteiger partial charge in [-0.05, 0) is 65.6 Å². The van der Waals surface area contributed by atoms with Gasteiger partial charge in [-0.15, -0.1) is 11.3 Å². The Hall–Kier alpha value is -2.60. The van der Waals surface area contributed by atoms with Crippen LogP contribution in [0.2, 0.25) is 0 Å². The first-order valence-corrected chi connectivity index (χ1v) is 10.4. The molecule has 0 unspecified atom stereocenters. The third-order valence-electron chi connectivity index (χ3n) is 5.41. The molecule has 29 heavy (non-hydrogen) atoms. The van der Waals surface area contributed by atoms with Gasteiger partial charge in [0.05, 0.1) is 16.5 Å². The fourth-order valence-corrected chi connectivity index (χ4v) is 4.82. The fourth-order valence-electron chi connectivity index (χ4n) is 3.94. The van der Waals surface area contributed by atoms with E-state index in [1.807, 2.05) is 47.5 Å². The zero-order valence-corrected chi connectivity index (χ0v) is 16.7. The van der Waals surface area contributed by atoms with Gasteiger partial charge in [0.2, 0.25) is 0 Å². The maximum Gasteiger partial charge on any atom is 0.416 e. The monoisotopic (exact) mass is 415 g/mol. The largest absolute Gasteiger partial charge is 0.416 e. The molecule has 6 heteroatoms. The van der Waals surface area contributed by atoms with Crippen LogP contribution in [-0.2, 0) is 6.18 Å². The van der Waals surface area contributed by atoms with Gasteiger partial charge in [0, 0.05) is 6.54 Å². The Morgan fingerprint density at radius 3 is 2.45 bits per heavy atom. The molecule has 2 aromatic carbocycles. The minimum Gasteiger partial charge on any atom is -0.331 e. The van der Waals surface area contributed by atoms with Gasteiger partial charge in [0.25, 0.3) is 5.91 Å². The SMILES string of the molecule is Cc1ccsc1C(=O)N1CCC[C@H]1c1ccccc1-c1ccc(C(F)(F)F)cc1. The lowest BCUT2D eigenvalue weighted by atomic mass is 9.93. The molecule has 150 valence electrons. The summed E-state index contributed by atoms with van der Waals surface area (Å²) >= 11 is 1.45. The van der Waals surface area contributed by atoms with Gasteiger partial charge in [-0.3, -0.25) is 4.79 Å². The summed E-state index contributed by atoms with van der Waals surface area (Å²) < 4.78 is 38.7. The molecule has 1 atom stereocenters. The molecule has 0 radical (unpaired) electrons. The number of carbonyl (C=O) groups excluding carboxylic acids is 1. The van der Waals surface area contributed by atoms with Crippen molar-refractivity contribution >= 4 is 17.2 Å². The third kappa shape index (κ3) is 3.81. The van der Waals surface area contributed by atoms with E-state index in [2.05, 4.69) is 0 Å². The van der Waals surface area contributed by atoms with Gasteiger partial charge in [-0.2, -0.15) is 13.2 Å². The Bertz CT molecular complexity index is 1020. The Morgan fingerprint density at radius 1 is 1.07 bits per heavy atom. The lowest BCUT2D eigenvalue weighted by molar-refractivity contribution is -0.137. The van der Waals surface area contributed by atoms with E-state index < -0.39 is 11.7 Å². The number of aryl methyl sites for hydroxylation is 1. The first-order valence-electron chi connectivity index (χ1n) is 9.48. The molecule has 1 amide bonds. The van der Waals surface area contributed by atoms with Crippen molar-refractivity contribution in [2.24, 2.45) is 0 Å². The van der Waals surface area contributed by atoms with Crippen molar-refractivity contribution < 1.29 is 18.0 Å². The second kappa shape index (κ2) is 7.67. The summed E-state index contributed by atoms with van der Waals surface area (Å²) in [4.78, 5) is 15.8. The molecule has 0 bridgehead atoms. The smallest absolute Gasteiger partial charge is 0.331 e. The van der Waals surface area contributed by atoms with Crippen LogP contribution in [0.25, 0.3) is 11.1 Å². The predicted octanol–water partition coefficient (Wildman–Crippen LogP) is 6.72. The van der Waals surface area contributed by atoms with Gasteiger partial charge in [-0.25, -0.2) is 0 Å². The average Bonchev–Trinajstić information content (AvgIpc) is 3.36. The van der Waals surface area contributed by atoms with Crippen LogP contribution in [0.4, 0.5) is 13.2 Å². The van der Waals surface area contributed by atoms with Gasteiger partial charge < -0.3 is 4.90 Å². The molecule has 3 aromatic rings. The number of benzene rings is 2. The van der Waals surface area contributed by atoms with Crippen molar-refractivity contribution in [2.75, 3.05) is 6.54 Å². The normalized spacial score (nSPS) is 17.0. The number of hydrogen-bond donors (Lipinski definition) is 0. The van der Waals surface area contributed by atoms with E-state index in [1.54, 1.807) is 0 Å². The average molecular weight is 415 g/mol. The molecule has 0 aliphatic carbocycles. The van der Waals surface area contributed by atoms with Crippen molar-refractivity contribution in [3.05, 3.63) is 81.5 Å². The molecule has 4 rings (SSSR count). The molecule has 1 saturated heterocycles. The highest BCUT2D eigenvalue weighted by Crippen LogP contribution is 2.40. The molecule has 0 spiro atoms. The van der Waals surface area contributed by atoms with E-state index in [1.165, 1.54) is 23.5 Å². The molecular weight excluding hydrogens is 395 g/mol. The second-order valence-electron chi connectivity index (χ2n) is 7.25. The van der Waals surface area contributed by atoms with E-state index in [4.69, 9.17) is 0 Å². The van der Waals surface area contributed by atoms with Crippen LogP contribution in [0.1, 0.15) is 45.2 Å². The highest BCUT2D eigenvalue weighted by Gasteiger charge is 2.33. The number of nitrogens with zero attached hydrogens (tertiary/aromatic N) is 1. The van der Waals surface area contributed by atoms with E-state index in [0.717, 1.165) is 52.1 Å². The van der Waals surface area contributed by atoms with Crippen molar-refractivity contribution in [2.45, 2.75) is 32.0 Å². The third-order valence-corrected chi connectivity index (χ3v) is 6.42. The predicted molar refractivity (Wildman–Crippen MR) is 109 cm³/mol. The number of thiophene rings is 1. The van der Waals surface area contributed by atoms with E-state index in [0.29, 0.717) is 6.54 Å². The number of hydrogen-bond acceptors (Lipinski definition) is 2. The second-order valence-corrected chi connectivity index (χ2v) is 8.17. The van der Waals surface area contributed by atoms with Crippen LogP contribution in [0.5, 0.6) is 0 Å². The Labute approximate surface area is 171 Å². The van der Waals surface area contributed by atoms with Crippen molar-refractivity contribution in [3.8, 4) is 11.1 Å². The first-order chi connectivity index (χ1) is 13.9. The molecule has 1 aromatic heterocycles. The van der Waals surface area contributed by atoms with Gasteiger partial charge in [0.15, 0.2) is 0 Å². The van der Waals surface area contributed by atoms with E-state index >= 15 is 0 Å². The molecule has 1 fully saturated rings. The maximum atomic E-state index is 13.1. The van der Waals surface area contributed by atoms with E-state index in [-0.39, 0.29) is 11.9 Å². The van der Waals surface area contributed by atoms with Gasteiger partial charge >= 0.3 is 6.18 Å². The minimum absolute atomic E-state index is 0.0298. The molecule has 0 saturated carbocycles. The van der Waals surface area contributed by atoms with Crippen molar-refractivity contribution in [3.63, 3.8) is 0 Å². The summed E-state index contributed by atoms with van der Waals surface area (Å²) in [5, 5.41) is 1.92. The van der Waals surface area contributed by atoms with Crippen molar-refractivity contribution in [1.29, 1.82) is 0 Å². The summed E-state index contributed by atoms with van der Waals surface area (Å²) in [6.45, 7) is 2.62. The van der Waals surface area contributed by atoms with Crippen LogP contribution in [0, 0.1) is 6.92 Å². The van der Waals surface area contributed by atoms with Crippen LogP contribution in [-0.4, -0.2) is 17.4 Å². The van der Waals surface area contributed by atoms with E-state index in [9.17, 15) is 18.0 Å². The zero-order chi connectivity index (χ0) is 20.6. The van der Waals surface area contributed by atoms with Crippen LogP contribution in [0.3, 0.4) is 0 Å². The fraction of sp³-hybridized carbons (Fsp3) is 0.261. The summed E-state index contributed by atoms with van der Waals surface area (Å²) in [6, 6.07) is 14.8. The highest BCUT2D eigenvalue weighted by atomic mass is 32.1. The van der Waals surface area contributed by atoms with Crippen LogP contribution in [0.15, 0.2) is 60.0 Å². The highest BCUT2D eigenvalue weighted by molar-refractivity contribution is 7.12. The minimum atomic E-state index is -4.36. The maximum absolute atomic E-state index is 13.1. The lowest BCUT2D eigenvalue weighted by Crippen LogP contribution is -2.30. The lowest BCUT2D eigenvalue weighted by Gasteiger charge is -2.27. The number of rotatable bonds is 3. The van der Waals surface area contributed by atoms with Gasteiger partial charge in [-0.1, -0.05) is 36.4 Å². The molecular formula is C23H20F3NOS. The summed E-state index contributed by atoms with van der Waals surface area (Å²) in [5.41, 5.74) is 2.88. The number of amides is 1. The van der Waals surface area contributed by atoms with Crippen LogP contribution < -0.4 is 0 Å². The quantitative estimate of drug-likeness (QED) is 0.465. The Kier molecular flexibility index (Phi) is 5.21. The molecule has 2 nitrogen and oxygen atoms in total. The number of halogens is 3. The molecule has 0 N–H and O–H groups in total. The van der Waals surface area contributed by atoms with Crippen molar-refractivity contribution in [1.82, 2.24) is 4.90 Å². The number of likely N-dealkylation sites (tertiary alicyclic amines) is 1. The van der Waals surface area contributed by atoms with Crippen LogP contribution >= 0.6 is 11.3 Å². The number of alkyl halides is 3. The summed E-state index contributed by atoms with van der Waals surface area (Å²) in [6.07, 6.45) is -2.61. The standard InChI is InChI=1S/C23H20F3NOS/c1-15-12-14-29-21(15)22(28)27-13-4-7-20(27)19-6-3-2-5-18(19)16-8-10-17(11-9-16)23(24,25)26/h2-3,5-6,8-12,14,20H,4,7,13H2,1H3/t20-/m0/s1. The summed E-state index contributed by atoms with van der Waals surface area (Å²) in [5.74, 6) is 0.0298. The Morgan fingerprint density at radius 2 is 1.79 bits per heavy atom. The first kappa shape index (κ1) is 19.7. The molecule has 2 heterocycles. The summed E-state index contributed by atoms with van der Waals surface area (Å²) in [7, 11) is 0. The number of carbonyl (C=O) groups is 1. The molecule has 1 aliphatic heterocycles. The topological polar surface area (TPSA) is 20.3 Å². The Balaban J connectivity index is 1.69. The molecule has 1 aliphatic rings. The zero-order valence-electron chi connectivity index (χ0n) is 15.9.